The van der Waals surface area contributed by atoms with Crippen molar-refractivity contribution in [3.05, 3.63) is 0 Å². The number of aliphatic carboxylic acids is 1. The summed E-state index contributed by atoms with van der Waals surface area (Å²) < 4.78 is 5.70. The largest absolute Gasteiger partial charge is 0.480 e. The lowest BCUT2D eigenvalue weighted by Gasteiger charge is -2.61. The lowest BCUT2D eigenvalue weighted by atomic mass is 9.47. The van der Waals surface area contributed by atoms with E-state index in [2.05, 4.69) is 0 Å². The molecule has 3 rings (SSSR count). The first-order chi connectivity index (χ1) is 9.73. The predicted molar refractivity (Wildman–Crippen MR) is 75.5 cm³/mol. The average Bonchev–Trinajstić information content (AvgIpc) is 3.02. The summed E-state index contributed by atoms with van der Waals surface area (Å²) in [4.78, 5) is 26.0. The topological polar surface area (TPSA) is 92.9 Å². The van der Waals surface area contributed by atoms with Crippen molar-refractivity contribution in [2.24, 2.45) is 23.0 Å². The molecule has 118 valence electrons. The van der Waals surface area contributed by atoms with E-state index >= 15 is 0 Å². The summed E-state index contributed by atoms with van der Waals surface area (Å²) in [6, 6.07) is -0.755. The van der Waals surface area contributed by atoms with E-state index in [0.717, 1.165) is 6.42 Å². The van der Waals surface area contributed by atoms with Gasteiger partial charge >= 0.3 is 5.97 Å². The Morgan fingerprint density at radius 3 is 2.62 bits per heavy atom. The van der Waals surface area contributed by atoms with Crippen LogP contribution in [0.3, 0.4) is 0 Å². The number of nitrogens with zero attached hydrogens (tertiary/aromatic N) is 1. The van der Waals surface area contributed by atoms with Gasteiger partial charge in [-0.05, 0) is 18.8 Å². The Hall–Kier alpha value is -1.14. The summed E-state index contributed by atoms with van der Waals surface area (Å²) in [7, 11) is 0. The van der Waals surface area contributed by atoms with E-state index in [9.17, 15) is 14.7 Å². The molecular weight excluding hydrogens is 272 g/mol. The van der Waals surface area contributed by atoms with Gasteiger partial charge in [0.1, 0.15) is 11.6 Å². The molecule has 0 spiro atoms. The predicted octanol–water partition coefficient (Wildman–Crippen LogP) is 0.450. The van der Waals surface area contributed by atoms with Crippen molar-refractivity contribution in [1.29, 1.82) is 0 Å². The van der Waals surface area contributed by atoms with Crippen molar-refractivity contribution in [3.8, 4) is 0 Å². The molecule has 0 radical (unpaired) electrons. The van der Waals surface area contributed by atoms with Gasteiger partial charge in [0.05, 0.1) is 6.10 Å². The van der Waals surface area contributed by atoms with Gasteiger partial charge < -0.3 is 20.5 Å². The maximum atomic E-state index is 13.1. The van der Waals surface area contributed by atoms with Crippen LogP contribution in [0.4, 0.5) is 0 Å². The molecule has 3 N–H and O–H groups in total. The van der Waals surface area contributed by atoms with E-state index in [1.165, 1.54) is 4.90 Å². The van der Waals surface area contributed by atoms with E-state index in [1.54, 1.807) is 0 Å². The normalized spacial score (nSPS) is 44.3. The van der Waals surface area contributed by atoms with Crippen LogP contribution < -0.4 is 5.73 Å². The fraction of sp³-hybridized carbons (Fsp3) is 0.867. The van der Waals surface area contributed by atoms with Gasteiger partial charge in [-0.25, -0.2) is 4.79 Å². The third-order valence-corrected chi connectivity index (χ3v) is 6.02. The van der Waals surface area contributed by atoms with Crippen molar-refractivity contribution < 1.29 is 19.4 Å². The number of likely N-dealkylation sites (tertiary alicyclic amines) is 1. The van der Waals surface area contributed by atoms with E-state index in [0.29, 0.717) is 19.6 Å². The quantitative estimate of drug-likeness (QED) is 0.772. The number of carbonyl (C=O) groups excluding carboxylic acids is 1. The molecule has 2 aliphatic heterocycles. The van der Waals surface area contributed by atoms with Crippen LogP contribution in [0.25, 0.3) is 0 Å². The number of rotatable bonds is 2. The Labute approximate surface area is 124 Å². The number of ether oxygens (including phenoxy) is 1. The third-order valence-electron chi connectivity index (χ3n) is 6.02. The molecule has 2 saturated heterocycles. The molecule has 1 amide bonds. The van der Waals surface area contributed by atoms with Crippen molar-refractivity contribution in [2.45, 2.75) is 51.3 Å². The molecule has 0 aromatic rings. The lowest BCUT2D eigenvalue weighted by Crippen LogP contribution is -2.80. The number of carboxylic acids is 1. The first-order valence-electron chi connectivity index (χ1n) is 7.67. The highest BCUT2D eigenvalue weighted by Gasteiger charge is 2.72. The van der Waals surface area contributed by atoms with Crippen molar-refractivity contribution >= 4 is 11.9 Å². The fourth-order valence-corrected chi connectivity index (χ4v) is 4.61. The minimum Gasteiger partial charge on any atom is -0.480 e. The van der Waals surface area contributed by atoms with Crippen LogP contribution in [-0.4, -0.2) is 52.7 Å². The first kappa shape index (κ1) is 14.8. The van der Waals surface area contributed by atoms with Gasteiger partial charge in [0.25, 0.3) is 0 Å². The summed E-state index contributed by atoms with van der Waals surface area (Å²) in [6.07, 6.45) is 1.50. The van der Waals surface area contributed by atoms with E-state index in [-0.39, 0.29) is 23.8 Å². The van der Waals surface area contributed by atoms with Gasteiger partial charge in [-0.2, -0.15) is 0 Å². The molecule has 0 aromatic carbocycles. The van der Waals surface area contributed by atoms with Crippen LogP contribution >= 0.6 is 0 Å². The highest BCUT2D eigenvalue weighted by molar-refractivity contribution is 5.93. The van der Waals surface area contributed by atoms with Crippen LogP contribution in [0.5, 0.6) is 0 Å². The molecule has 6 nitrogen and oxygen atoms in total. The summed E-state index contributed by atoms with van der Waals surface area (Å²) in [6.45, 7) is 6.88. The zero-order chi connectivity index (χ0) is 15.6. The van der Waals surface area contributed by atoms with Crippen LogP contribution in [0, 0.1) is 17.3 Å². The minimum atomic E-state index is -1.01. The Morgan fingerprint density at radius 2 is 2.00 bits per heavy atom. The van der Waals surface area contributed by atoms with Crippen molar-refractivity contribution in [2.75, 3.05) is 13.2 Å². The van der Waals surface area contributed by atoms with Gasteiger partial charge in [0, 0.05) is 24.5 Å². The second kappa shape index (κ2) is 4.43. The van der Waals surface area contributed by atoms with Crippen LogP contribution in [0.2, 0.25) is 0 Å². The zero-order valence-electron chi connectivity index (χ0n) is 12.8. The molecule has 3 fully saturated rings. The molecule has 5 atom stereocenters. The van der Waals surface area contributed by atoms with E-state index < -0.39 is 23.0 Å². The Kier molecular flexibility index (Phi) is 3.12. The molecule has 1 aliphatic carbocycles. The SMILES string of the molecule is CC1CCN(C(=O)C2(N)C3CCOC3C2(C)C)C1C(=O)O. The summed E-state index contributed by atoms with van der Waals surface area (Å²) in [5.74, 6) is -1.18. The summed E-state index contributed by atoms with van der Waals surface area (Å²) in [5, 5.41) is 9.42. The molecule has 2 heterocycles. The average molecular weight is 296 g/mol. The van der Waals surface area contributed by atoms with Crippen molar-refractivity contribution in [3.63, 3.8) is 0 Å². The lowest BCUT2D eigenvalue weighted by molar-refractivity contribution is -0.186. The molecule has 5 unspecified atom stereocenters. The molecular formula is C15H24N2O4. The molecule has 21 heavy (non-hydrogen) atoms. The van der Waals surface area contributed by atoms with Gasteiger partial charge in [0.2, 0.25) is 5.91 Å². The van der Waals surface area contributed by atoms with Crippen molar-refractivity contribution in [1.82, 2.24) is 4.90 Å². The number of nitrogens with two attached hydrogens (primary N) is 1. The maximum Gasteiger partial charge on any atom is 0.326 e. The van der Waals surface area contributed by atoms with Crippen LogP contribution in [-0.2, 0) is 14.3 Å². The molecule has 1 saturated carbocycles. The number of fused-ring (bicyclic) bond motifs is 1. The highest BCUT2D eigenvalue weighted by atomic mass is 16.5. The maximum absolute atomic E-state index is 13.1. The molecule has 6 heteroatoms. The highest BCUT2D eigenvalue weighted by Crippen LogP contribution is 2.59. The zero-order valence-corrected chi connectivity index (χ0v) is 12.8. The second-order valence-electron chi connectivity index (χ2n) is 7.32. The molecule has 0 aromatic heterocycles. The van der Waals surface area contributed by atoms with Gasteiger partial charge in [-0.3, -0.25) is 4.79 Å². The number of carbonyl (C=O) groups is 2. The summed E-state index contributed by atoms with van der Waals surface area (Å²) in [5.41, 5.74) is 5.07. The monoisotopic (exact) mass is 296 g/mol. The number of hydrogen-bond donors (Lipinski definition) is 2. The van der Waals surface area contributed by atoms with E-state index in [1.807, 2.05) is 20.8 Å². The van der Waals surface area contributed by atoms with Gasteiger partial charge in [0.15, 0.2) is 0 Å². The number of hydrogen-bond acceptors (Lipinski definition) is 4. The number of carboxylic acid groups (broad SMARTS) is 1. The third kappa shape index (κ3) is 1.66. The Balaban J connectivity index is 1.90. The number of amides is 1. The molecule has 3 aliphatic rings. The minimum absolute atomic E-state index is 0.00495. The van der Waals surface area contributed by atoms with Crippen LogP contribution in [0.15, 0.2) is 0 Å². The Bertz CT molecular complexity index is 492. The van der Waals surface area contributed by atoms with Gasteiger partial charge in [-0.15, -0.1) is 0 Å². The molecule has 0 bridgehead atoms. The fourth-order valence-electron chi connectivity index (χ4n) is 4.61. The van der Waals surface area contributed by atoms with Crippen LogP contribution in [0.1, 0.15) is 33.6 Å². The second-order valence-corrected chi connectivity index (χ2v) is 7.32. The first-order valence-corrected chi connectivity index (χ1v) is 7.67. The standard InChI is InChI=1S/C15H24N2O4/c1-8-4-6-17(10(8)12(18)19)13(20)15(16)9-5-7-21-11(9)14(15,2)3/h8-11H,4-7,16H2,1-3H3,(H,18,19). The van der Waals surface area contributed by atoms with Gasteiger partial charge in [-0.1, -0.05) is 20.8 Å². The van der Waals surface area contributed by atoms with E-state index in [4.69, 9.17) is 10.5 Å². The Morgan fingerprint density at radius 1 is 1.33 bits per heavy atom. The smallest absolute Gasteiger partial charge is 0.326 e. The summed E-state index contributed by atoms with van der Waals surface area (Å²) >= 11 is 0.